The van der Waals surface area contributed by atoms with E-state index in [-0.39, 0.29) is 13.2 Å². The van der Waals surface area contributed by atoms with Crippen LogP contribution in [0.15, 0.2) is 30.3 Å². The van der Waals surface area contributed by atoms with E-state index in [9.17, 15) is 5.11 Å². The van der Waals surface area contributed by atoms with Crippen LogP contribution < -0.4 is 0 Å². The standard InChI is InChI=1S/C11H14O4/c12-6-10-9(13)7-14-11(15-10)8-4-2-1-3-5-8/h1-5,9-13H,6-7H2/t9-,10-,11+/m1/s1. The van der Waals surface area contributed by atoms with Gasteiger partial charge in [0.05, 0.1) is 13.2 Å². The fourth-order valence-electron chi connectivity index (χ4n) is 1.53. The number of aliphatic hydroxyl groups is 2. The van der Waals surface area contributed by atoms with Crippen molar-refractivity contribution >= 4 is 0 Å². The summed E-state index contributed by atoms with van der Waals surface area (Å²) in [6, 6.07) is 9.46. The highest BCUT2D eigenvalue weighted by Gasteiger charge is 2.30. The van der Waals surface area contributed by atoms with E-state index in [4.69, 9.17) is 14.6 Å². The molecule has 4 nitrogen and oxygen atoms in total. The van der Waals surface area contributed by atoms with Crippen LogP contribution in [0.4, 0.5) is 0 Å². The summed E-state index contributed by atoms with van der Waals surface area (Å²) in [5.74, 6) is 0. The lowest BCUT2D eigenvalue weighted by Crippen LogP contribution is -2.42. The van der Waals surface area contributed by atoms with E-state index in [2.05, 4.69) is 0 Å². The van der Waals surface area contributed by atoms with E-state index in [0.717, 1.165) is 5.56 Å². The van der Waals surface area contributed by atoms with Crippen molar-refractivity contribution in [2.24, 2.45) is 0 Å². The van der Waals surface area contributed by atoms with Crippen LogP contribution in [0, 0.1) is 0 Å². The van der Waals surface area contributed by atoms with Gasteiger partial charge in [-0.1, -0.05) is 30.3 Å². The molecule has 1 aromatic carbocycles. The van der Waals surface area contributed by atoms with Crippen molar-refractivity contribution in [3.05, 3.63) is 35.9 Å². The predicted molar refractivity (Wildman–Crippen MR) is 53.1 cm³/mol. The lowest BCUT2D eigenvalue weighted by atomic mass is 10.1. The van der Waals surface area contributed by atoms with Gasteiger partial charge < -0.3 is 19.7 Å². The van der Waals surface area contributed by atoms with E-state index >= 15 is 0 Å². The maximum Gasteiger partial charge on any atom is 0.184 e. The van der Waals surface area contributed by atoms with Gasteiger partial charge in [0.15, 0.2) is 6.29 Å². The molecule has 0 amide bonds. The second kappa shape index (κ2) is 4.72. The van der Waals surface area contributed by atoms with Gasteiger partial charge in [-0.2, -0.15) is 0 Å². The Morgan fingerprint density at radius 3 is 2.67 bits per heavy atom. The highest BCUT2D eigenvalue weighted by molar-refractivity contribution is 5.16. The molecule has 2 N–H and O–H groups in total. The highest BCUT2D eigenvalue weighted by Crippen LogP contribution is 2.25. The number of rotatable bonds is 2. The van der Waals surface area contributed by atoms with Crippen LogP contribution in [-0.2, 0) is 9.47 Å². The van der Waals surface area contributed by atoms with Crippen LogP contribution in [0.2, 0.25) is 0 Å². The zero-order valence-electron chi connectivity index (χ0n) is 8.24. The number of ether oxygens (including phenoxy) is 2. The van der Waals surface area contributed by atoms with Crippen LogP contribution in [-0.4, -0.2) is 35.6 Å². The maximum atomic E-state index is 9.42. The maximum absolute atomic E-state index is 9.42. The molecule has 1 aliphatic heterocycles. The van der Waals surface area contributed by atoms with Gasteiger partial charge in [-0.05, 0) is 0 Å². The molecule has 3 atom stereocenters. The molecule has 1 heterocycles. The second-order valence-corrected chi connectivity index (χ2v) is 3.50. The van der Waals surface area contributed by atoms with Gasteiger partial charge in [-0.25, -0.2) is 0 Å². The lowest BCUT2D eigenvalue weighted by molar-refractivity contribution is -0.263. The number of aliphatic hydroxyl groups excluding tert-OH is 2. The topological polar surface area (TPSA) is 58.9 Å². The minimum Gasteiger partial charge on any atom is -0.394 e. The summed E-state index contributed by atoms with van der Waals surface area (Å²) in [7, 11) is 0. The van der Waals surface area contributed by atoms with Gasteiger partial charge in [-0.15, -0.1) is 0 Å². The van der Waals surface area contributed by atoms with Crippen LogP contribution in [0.3, 0.4) is 0 Å². The minimum atomic E-state index is -0.755. The van der Waals surface area contributed by atoms with E-state index in [1.54, 1.807) is 0 Å². The summed E-state index contributed by atoms with van der Waals surface area (Å²) < 4.78 is 10.7. The van der Waals surface area contributed by atoms with E-state index in [1.165, 1.54) is 0 Å². The normalized spacial score (nSPS) is 31.5. The van der Waals surface area contributed by atoms with Crippen molar-refractivity contribution in [3.63, 3.8) is 0 Å². The van der Waals surface area contributed by atoms with E-state index in [0.29, 0.717) is 0 Å². The Balaban J connectivity index is 2.06. The van der Waals surface area contributed by atoms with Gasteiger partial charge in [0.1, 0.15) is 12.2 Å². The first-order chi connectivity index (χ1) is 7.31. The molecule has 1 aromatic rings. The Morgan fingerprint density at radius 2 is 2.00 bits per heavy atom. The monoisotopic (exact) mass is 210 g/mol. The Bertz CT molecular complexity index is 301. The number of benzene rings is 1. The van der Waals surface area contributed by atoms with Crippen molar-refractivity contribution in [1.29, 1.82) is 0 Å². The van der Waals surface area contributed by atoms with Crippen LogP contribution in [0.25, 0.3) is 0 Å². The molecule has 1 saturated heterocycles. The molecule has 0 saturated carbocycles. The molecule has 2 rings (SSSR count). The van der Waals surface area contributed by atoms with Crippen LogP contribution in [0.5, 0.6) is 0 Å². The second-order valence-electron chi connectivity index (χ2n) is 3.50. The molecule has 0 bridgehead atoms. The molecule has 1 fully saturated rings. The van der Waals surface area contributed by atoms with Crippen LogP contribution >= 0.6 is 0 Å². The summed E-state index contributed by atoms with van der Waals surface area (Å²) in [5, 5.41) is 18.4. The van der Waals surface area contributed by atoms with Gasteiger partial charge in [0.2, 0.25) is 0 Å². The molecule has 0 spiro atoms. The quantitative estimate of drug-likeness (QED) is 0.744. The van der Waals surface area contributed by atoms with E-state index < -0.39 is 18.5 Å². The molecule has 82 valence electrons. The van der Waals surface area contributed by atoms with Gasteiger partial charge in [0.25, 0.3) is 0 Å². The Labute approximate surface area is 88.1 Å². The smallest absolute Gasteiger partial charge is 0.184 e. The fraction of sp³-hybridized carbons (Fsp3) is 0.455. The Kier molecular flexibility index (Phi) is 3.33. The van der Waals surface area contributed by atoms with Gasteiger partial charge in [0, 0.05) is 5.56 Å². The van der Waals surface area contributed by atoms with Crippen molar-refractivity contribution < 1.29 is 19.7 Å². The van der Waals surface area contributed by atoms with Gasteiger partial charge >= 0.3 is 0 Å². The van der Waals surface area contributed by atoms with Crippen molar-refractivity contribution in [1.82, 2.24) is 0 Å². The predicted octanol–water partition coefficient (Wildman–Crippen LogP) is 0.454. The summed E-state index contributed by atoms with van der Waals surface area (Å²) >= 11 is 0. The molecule has 0 aromatic heterocycles. The van der Waals surface area contributed by atoms with E-state index in [1.807, 2.05) is 30.3 Å². The molecule has 0 unspecified atom stereocenters. The van der Waals surface area contributed by atoms with Crippen molar-refractivity contribution in [2.75, 3.05) is 13.2 Å². The minimum absolute atomic E-state index is 0.185. The lowest BCUT2D eigenvalue weighted by Gasteiger charge is -2.33. The third-order valence-corrected chi connectivity index (χ3v) is 2.40. The SMILES string of the molecule is OC[C@H]1O[C@@H](c2ccccc2)OC[C@H]1O. The zero-order valence-corrected chi connectivity index (χ0v) is 8.24. The first kappa shape index (κ1) is 10.6. The summed E-state index contributed by atoms with van der Waals surface area (Å²) in [4.78, 5) is 0. The highest BCUT2D eigenvalue weighted by atomic mass is 16.7. The summed E-state index contributed by atoms with van der Waals surface area (Å²) in [5.41, 5.74) is 0.892. The fourth-order valence-corrected chi connectivity index (χ4v) is 1.53. The third-order valence-electron chi connectivity index (χ3n) is 2.40. The Morgan fingerprint density at radius 1 is 1.27 bits per heavy atom. The molecule has 1 aliphatic rings. The first-order valence-corrected chi connectivity index (χ1v) is 4.92. The van der Waals surface area contributed by atoms with Crippen LogP contribution in [0.1, 0.15) is 11.9 Å². The molecule has 0 radical (unpaired) electrons. The van der Waals surface area contributed by atoms with Crippen molar-refractivity contribution in [3.8, 4) is 0 Å². The average Bonchev–Trinajstić information content (AvgIpc) is 2.31. The molecule has 0 aliphatic carbocycles. The Hall–Kier alpha value is -0.940. The third kappa shape index (κ3) is 2.35. The molecule has 15 heavy (non-hydrogen) atoms. The average molecular weight is 210 g/mol. The largest absolute Gasteiger partial charge is 0.394 e. The summed E-state index contributed by atoms with van der Waals surface area (Å²) in [6.45, 7) is -0.0152. The number of hydrogen-bond acceptors (Lipinski definition) is 4. The summed E-state index contributed by atoms with van der Waals surface area (Å²) in [6.07, 6.45) is -1.81. The molecular weight excluding hydrogens is 196 g/mol. The zero-order chi connectivity index (χ0) is 10.7. The van der Waals surface area contributed by atoms with Crippen molar-refractivity contribution in [2.45, 2.75) is 18.5 Å². The molecule has 4 heteroatoms. The van der Waals surface area contributed by atoms with Gasteiger partial charge in [-0.3, -0.25) is 0 Å². The first-order valence-electron chi connectivity index (χ1n) is 4.92. The molecular formula is C11H14O4. The number of hydrogen-bond donors (Lipinski definition) is 2.